The number of methoxy groups -OCH3 is 1. The van der Waals surface area contributed by atoms with Gasteiger partial charge in [0.25, 0.3) is 5.91 Å². The van der Waals surface area contributed by atoms with Crippen molar-refractivity contribution in [2.75, 3.05) is 12.4 Å². The molecule has 2 amide bonds. The second kappa shape index (κ2) is 8.66. The SMILES string of the molecule is COc1cccc(C=NNC(=O)c2ccc(NC(=O)C(C)C)cc2)c1O. The number of para-hydroxylation sites is 1. The molecule has 0 aliphatic heterocycles. The summed E-state index contributed by atoms with van der Waals surface area (Å²) in [6.07, 6.45) is 1.33. The molecule has 0 fully saturated rings. The predicted molar refractivity (Wildman–Crippen MR) is 99.6 cm³/mol. The van der Waals surface area contributed by atoms with Crippen LogP contribution in [0.3, 0.4) is 0 Å². The molecule has 0 bridgehead atoms. The zero-order valence-corrected chi connectivity index (χ0v) is 14.8. The zero-order chi connectivity index (χ0) is 19.1. The summed E-state index contributed by atoms with van der Waals surface area (Å²) in [5.41, 5.74) is 3.80. The van der Waals surface area contributed by atoms with Crippen LogP contribution in [0.25, 0.3) is 0 Å². The van der Waals surface area contributed by atoms with Gasteiger partial charge in [-0.25, -0.2) is 5.43 Å². The maximum absolute atomic E-state index is 12.1. The van der Waals surface area contributed by atoms with Gasteiger partial charge in [-0.05, 0) is 36.4 Å². The summed E-state index contributed by atoms with van der Waals surface area (Å²) in [7, 11) is 1.45. The van der Waals surface area contributed by atoms with Crippen LogP contribution in [-0.2, 0) is 4.79 Å². The number of ether oxygens (including phenoxy) is 1. The number of anilines is 1. The molecule has 0 aliphatic carbocycles. The molecule has 0 saturated carbocycles. The van der Waals surface area contributed by atoms with Crippen LogP contribution >= 0.6 is 0 Å². The minimum atomic E-state index is -0.412. The monoisotopic (exact) mass is 355 g/mol. The number of carbonyl (C=O) groups excluding carboxylic acids is 2. The van der Waals surface area contributed by atoms with Gasteiger partial charge in [-0.1, -0.05) is 19.9 Å². The third-order valence-corrected chi connectivity index (χ3v) is 3.56. The highest BCUT2D eigenvalue weighted by Crippen LogP contribution is 2.27. The van der Waals surface area contributed by atoms with Crippen molar-refractivity contribution in [1.82, 2.24) is 5.43 Å². The molecule has 3 N–H and O–H groups in total. The smallest absolute Gasteiger partial charge is 0.271 e. The van der Waals surface area contributed by atoms with Crippen molar-refractivity contribution < 1.29 is 19.4 Å². The molecule has 0 heterocycles. The minimum Gasteiger partial charge on any atom is -0.504 e. The topological polar surface area (TPSA) is 100 Å². The van der Waals surface area contributed by atoms with E-state index in [1.165, 1.54) is 13.3 Å². The van der Waals surface area contributed by atoms with Crippen LogP contribution in [0.5, 0.6) is 11.5 Å². The van der Waals surface area contributed by atoms with Gasteiger partial charge in [-0.2, -0.15) is 5.10 Å². The molecule has 26 heavy (non-hydrogen) atoms. The molecule has 7 heteroatoms. The number of hydrogen-bond acceptors (Lipinski definition) is 5. The molecule has 0 saturated heterocycles. The molecular formula is C19H21N3O4. The van der Waals surface area contributed by atoms with Crippen molar-refractivity contribution in [3.8, 4) is 11.5 Å². The third-order valence-electron chi connectivity index (χ3n) is 3.56. The summed E-state index contributed by atoms with van der Waals surface area (Å²) in [5.74, 6) is -0.367. The molecule has 0 aromatic heterocycles. The average molecular weight is 355 g/mol. The van der Waals surface area contributed by atoms with Crippen LogP contribution in [0, 0.1) is 5.92 Å². The zero-order valence-electron chi connectivity index (χ0n) is 14.8. The Bertz CT molecular complexity index is 814. The Morgan fingerprint density at radius 3 is 2.46 bits per heavy atom. The molecule has 2 aromatic carbocycles. The van der Waals surface area contributed by atoms with Crippen molar-refractivity contribution >= 4 is 23.7 Å². The van der Waals surface area contributed by atoms with Crippen LogP contribution < -0.4 is 15.5 Å². The summed E-state index contributed by atoms with van der Waals surface area (Å²) in [5, 5.41) is 16.5. The van der Waals surface area contributed by atoms with Gasteiger partial charge in [0.15, 0.2) is 11.5 Å². The van der Waals surface area contributed by atoms with E-state index in [1.807, 2.05) is 0 Å². The summed E-state index contributed by atoms with van der Waals surface area (Å²) in [6, 6.07) is 11.4. The van der Waals surface area contributed by atoms with Gasteiger partial charge in [-0.3, -0.25) is 9.59 Å². The van der Waals surface area contributed by atoms with Crippen LogP contribution in [-0.4, -0.2) is 30.2 Å². The van der Waals surface area contributed by atoms with E-state index in [4.69, 9.17) is 4.74 Å². The Hall–Kier alpha value is -3.35. The van der Waals surface area contributed by atoms with Crippen LogP contribution in [0.4, 0.5) is 5.69 Å². The molecule has 2 rings (SSSR count). The Morgan fingerprint density at radius 1 is 1.15 bits per heavy atom. The molecule has 0 atom stereocenters. The van der Waals surface area contributed by atoms with Crippen molar-refractivity contribution in [2.45, 2.75) is 13.8 Å². The molecule has 0 spiro atoms. The average Bonchev–Trinajstić information content (AvgIpc) is 2.63. The van der Waals surface area contributed by atoms with E-state index in [9.17, 15) is 14.7 Å². The van der Waals surface area contributed by atoms with E-state index in [2.05, 4.69) is 15.8 Å². The van der Waals surface area contributed by atoms with Crippen molar-refractivity contribution in [3.05, 3.63) is 53.6 Å². The Balaban J connectivity index is 1.99. The van der Waals surface area contributed by atoms with Gasteiger partial charge in [0, 0.05) is 22.7 Å². The van der Waals surface area contributed by atoms with Crippen LogP contribution in [0.2, 0.25) is 0 Å². The fourth-order valence-corrected chi connectivity index (χ4v) is 2.02. The summed E-state index contributed by atoms with van der Waals surface area (Å²) < 4.78 is 5.01. The molecule has 2 aromatic rings. The highest BCUT2D eigenvalue weighted by Gasteiger charge is 2.09. The van der Waals surface area contributed by atoms with E-state index < -0.39 is 5.91 Å². The highest BCUT2D eigenvalue weighted by atomic mass is 16.5. The first-order chi connectivity index (χ1) is 12.4. The van der Waals surface area contributed by atoms with Crippen LogP contribution in [0.15, 0.2) is 47.6 Å². The van der Waals surface area contributed by atoms with E-state index in [0.29, 0.717) is 22.6 Å². The Labute approximate surface area is 151 Å². The number of aromatic hydroxyl groups is 1. The number of carbonyl (C=O) groups is 2. The number of rotatable bonds is 6. The number of amides is 2. The van der Waals surface area contributed by atoms with E-state index in [-0.39, 0.29) is 17.6 Å². The first kappa shape index (κ1) is 19.0. The summed E-state index contributed by atoms with van der Waals surface area (Å²) in [6.45, 7) is 3.60. The number of nitrogens with one attached hydrogen (secondary N) is 2. The van der Waals surface area contributed by atoms with Gasteiger partial charge in [0.2, 0.25) is 5.91 Å². The van der Waals surface area contributed by atoms with Crippen LogP contribution in [0.1, 0.15) is 29.8 Å². The Morgan fingerprint density at radius 2 is 1.85 bits per heavy atom. The number of hydrogen-bond donors (Lipinski definition) is 3. The van der Waals surface area contributed by atoms with Crippen molar-refractivity contribution in [2.24, 2.45) is 11.0 Å². The maximum atomic E-state index is 12.1. The molecule has 0 aliphatic rings. The summed E-state index contributed by atoms with van der Waals surface area (Å²) in [4.78, 5) is 23.7. The molecule has 7 nitrogen and oxygen atoms in total. The number of benzene rings is 2. The second-order valence-corrected chi connectivity index (χ2v) is 5.82. The maximum Gasteiger partial charge on any atom is 0.271 e. The second-order valence-electron chi connectivity index (χ2n) is 5.82. The standard InChI is InChI=1S/C19H21N3O4/c1-12(2)18(24)21-15-9-7-13(8-10-15)19(25)22-20-11-14-5-4-6-16(26-3)17(14)23/h4-12,23H,1-3H3,(H,21,24)(H,22,25). The lowest BCUT2D eigenvalue weighted by molar-refractivity contribution is -0.118. The van der Waals surface area contributed by atoms with Crippen molar-refractivity contribution in [3.63, 3.8) is 0 Å². The molecule has 0 unspecified atom stereocenters. The number of phenols is 1. The third kappa shape index (κ3) is 4.83. The number of hydrazone groups is 1. The van der Waals surface area contributed by atoms with E-state index in [0.717, 1.165) is 0 Å². The van der Waals surface area contributed by atoms with Gasteiger partial charge in [-0.15, -0.1) is 0 Å². The summed E-state index contributed by atoms with van der Waals surface area (Å²) >= 11 is 0. The van der Waals surface area contributed by atoms with E-state index >= 15 is 0 Å². The van der Waals surface area contributed by atoms with Crippen molar-refractivity contribution in [1.29, 1.82) is 0 Å². The lowest BCUT2D eigenvalue weighted by Gasteiger charge is -2.08. The predicted octanol–water partition coefficient (Wildman–Crippen LogP) is 2.76. The normalized spacial score (nSPS) is 10.8. The molecule has 0 radical (unpaired) electrons. The van der Waals surface area contributed by atoms with Gasteiger partial charge in [0.05, 0.1) is 13.3 Å². The highest BCUT2D eigenvalue weighted by molar-refractivity contribution is 5.96. The lowest BCUT2D eigenvalue weighted by atomic mass is 10.1. The first-order valence-electron chi connectivity index (χ1n) is 8.02. The van der Waals surface area contributed by atoms with Gasteiger partial charge < -0.3 is 15.2 Å². The largest absolute Gasteiger partial charge is 0.504 e. The quantitative estimate of drug-likeness (QED) is 0.548. The fraction of sp³-hybridized carbons (Fsp3) is 0.211. The minimum absolute atomic E-state index is 0.0572. The lowest BCUT2D eigenvalue weighted by Crippen LogP contribution is -2.19. The van der Waals surface area contributed by atoms with Gasteiger partial charge in [0.1, 0.15) is 0 Å². The molecular weight excluding hydrogens is 334 g/mol. The number of phenolic OH excluding ortho intramolecular Hbond substituents is 1. The number of nitrogens with zero attached hydrogens (tertiary/aromatic N) is 1. The van der Waals surface area contributed by atoms with E-state index in [1.54, 1.807) is 56.3 Å². The molecule has 136 valence electrons. The van der Waals surface area contributed by atoms with Gasteiger partial charge >= 0.3 is 0 Å². The first-order valence-corrected chi connectivity index (χ1v) is 8.02. The Kier molecular flexibility index (Phi) is 6.32. The fourth-order valence-electron chi connectivity index (χ4n) is 2.02.